The van der Waals surface area contributed by atoms with E-state index in [1.165, 1.54) is 12.1 Å². The quantitative estimate of drug-likeness (QED) is 0.838. The SMILES string of the molecule is CC(C)=CCOc1ccc(S(N)(=O)=O)cc1F. The molecule has 1 rings (SSSR count). The molecule has 17 heavy (non-hydrogen) atoms. The molecule has 0 saturated carbocycles. The maximum atomic E-state index is 13.4. The Morgan fingerprint density at radius 3 is 2.59 bits per heavy atom. The van der Waals surface area contributed by atoms with Crippen LogP contribution in [0.15, 0.2) is 34.7 Å². The fraction of sp³-hybridized carbons (Fsp3) is 0.273. The minimum absolute atomic E-state index is 0.00472. The van der Waals surface area contributed by atoms with Crippen molar-refractivity contribution in [3.63, 3.8) is 0 Å². The van der Waals surface area contributed by atoms with Crippen LogP contribution in [0.3, 0.4) is 0 Å². The summed E-state index contributed by atoms with van der Waals surface area (Å²) in [7, 11) is -3.88. The Bertz CT molecular complexity index is 534. The van der Waals surface area contributed by atoms with E-state index in [9.17, 15) is 12.8 Å². The summed E-state index contributed by atoms with van der Waals surface area (Å²) in [6.07, 6.45) is 1.78. The molecule has 94 valence electrons. The number of primary sulfonamides is 1. The highest BCUT2D eigenvalue weighted by molar-refractivity contribution is 7.89. The van der Waals surface area contributed by atoms with Gasteiger partial charge < -0.3 is 4.74 Å². The molecule has 0 atom stereocenters. The molecule has 0 heterocycles. The predicted molar refractivity (Wildman–Crippen MR) is 62.7 cm³/mol. The smallest absolute Gasteiger partial charge is 0.238 e. The maximum Gasteiger partial charge on any atom is 0.238 e. The van der Waals surface area contributed by atoms with Crippen molar-refractivity contribution < 1.29 is 17.5 Å². The van der Waals surface area contributed by atoms with Gasteiger partial charge in [-0.3, -0.25) is 0 Å². The molecule has 0 aliphatic heterocycles. The predicted octanol–water partition coefficient (Wildman–Crippen LogP) is 1.82. The Kier molecular flexibility index (Phi) is 4.25. The molecule has 1 aromatic rings. The summed E-state index contributed by atoms with van der Waals surface area (Å²) in [5, 5.41) is 4.87. The number of benzene rings is 1. The van der Waals surface area contributed by atoms with Crippen molar-refractivity contribution in [1.29, 1.82) is 0 Å². The van der Waals surface area contributed by atoms with Crippen LogP contribution in [0.2, 0.25) is 0 Å². The normalized spacial score (nSPS) is 11.1. The van der Waals surface area contributed by atoms with Crippen molar-refractivity contribution in [2.75, 3.05) is 6.61 Å². The van der Waals surface area contributed by atoms with Crippen LogP contribution in [0.25, 0.3) is 0 Å². The lowest BCUT2D eigenvalue weighted by Gasteiger charge is -2.06. The molecular weight excluding hydrogens is 245 g/mol. The summed E-state index contributed by atoms with van der Waals surface area (Å²) in [4.78, 5) is -0.274. The number of hydrogen-bond acceptors (Lipinski definition) is 3. The Morgan fingerprint density at radius 1 is 1.47 bits per heavy atom. The second-order valence-electron chi connectivity index (χ2n) is 3.73. The highest BCUT2D eigenvalue weighted by Crippen LogP contribution is 2.20. The molecule has 0 aliphatic rings. The van der Waals surface area contributed by atoms with Crippen molar-refractivity contribution in [2.45, 2.75) is 18.7 Å². The van der Waals surface area contributed by atoms with E-state index in [-0.39, 0.29) is 17.3 Å². The molecular formula is C11H14FNO3S. The van der Waals surface area contributed by atoms with Gasteiger partial charge in [0.05, 0.1) is 4.90 Å². The Morgan fingerprint density at radius 2 is 2.12 bits per heavy atom. The largest absolute Gasteiger partial charge is 0.486 e. The van der Waals surface area contributed by atoms with E-state index >= 15 is 0 Å². The number of hydrogen-bond donors (Lipinski definition) is 1. The van der Waals surface area contributed by atoms with Crippen LogP contribution in [-0.4, -0.2) is 15.0 Å². The van der Waals surface area contributed by atoms with Crippen LogP contribution >= 0.6 is 0 Å². The van der Waals surface area contributed by atoms with Gasteiger partial charge >= 0.3 is 0 Å². The monoisotopic (exact) mass is 259 g/mol. The third-order valence-corrected chi connectivity index (χ3v) is 2.87. The van der Waals surface area contributed by atoms with Gasteiger partial charge in [0.1, 0.15) is 6.61 Å². The highest BCUT2D eigenvalue weighted by Gasteiger charge is 2.11. The second kappa shape index (κ2) is 5.29. The third-order valence-electron chi connectivity index (χ3n) is 1.96. The summed E-state index contributed by atoms with van der Waals surface area (Å²) in [5.41, 5.74) is 1.05. The van der Waals surface area contributed by atoms with Crippen LogP contribution in [0, 0.1) is 5.82 Å². The molecule has 0 fully saturated rings. The van der Waals surface area contributed by atoms with Crippen LogP contribution in [0.1, 0.15) is 13.8 Å². The first-order chi connectivity index (χ1) is 7.80. The van der Waals surface area contributed by atoms with Gasteiger partial charge in [0.2, 0.25) is 10.0 Å². The lowest BCUT2D eigenvalue weighted by atomic mass is 10.3. The van der Waals surface area contributed by atoms with E-state index in [0.717, 1.165) is 11.6 Å². The topological polar surface area (TPSA) is 69.4 Å². The molecule has 0 amide bonds. The van der Waals surface area contributed by atoms with Crippen LogP contribution in [0.5, 0.6) is 5.75 Å². The first-order valence-electron chi connectivity index (χ1n) is 4.89. The molecule has 0 spiro atoms. The lowest BCUT2D eigenvalue weighted by molar-refractivity contribution is 0.340. The minimum Gasteiger partial charge on any atom is -0.486 e. The van der Waals surface area contributed by atoms with Gasteiger partial charge in [-0.1, -0.05) is 5.57 Å². The summed E-state index contributed by atoms with van der Waals surface area (Å²) in [6.45, 7) is 4.02. The number of nitrogens with two attached hydrogens (primary N) is 1. The molecule has 6 heteroatoms. The van der Waals surface area contributed by atoms with Crippen LogP contribution < -0.4 is 9.88 Å². The van der Waals surface area contributed by atoms with Crippen molar-refractivity contribution in [3.8, 4) is 5.75 Å². The summed E-state index contributed by atoms with van der Waals surface area (Å²) in [5.74, 6) is -0.756. The van der Waals surface area contributed by atoms with E-state index in [2.05, 4.69) is 0 Å². The zero-order chi connectivity index (χ0) is 13.1. The number of halogens is 1. The molecule has 0 saturated heterocycles. The van der Waals surface area contributed by atoms with Gasteiger partial charge in [0.25, 0.3) is 0 Å². The molecule has 0 aliphatic carbocycles. The first-order valence-corrected chi connectivity index (χ1v) is 6.44. The highest BCUT2D eigenvalue weighted by atomic mass is 32.2. The average molecular weight is 259 g/mol. The van der Waals surface area contributed by atoms with Gasteiger partial charge in [-0.05, 0) is 38.1 Å². The Balaban J connectivity index is 2.88. The third kappa shape index (κ3) is 4.16. The van der Waals surface area contributed by atoms with E-state index in [0.29, 0.717) is 0 Å². The van der Waals surface area contributed by atoms with Crippen molar-refractivity contribution in [1.82, 2.24) is 0 Å². The van der Waals surface area contributed by atoms with Gasteiger partial charge in [0, 0.05) is 0 Å². The van der Waals surface area contributed by atoms with Gasteiger partial charge in [-0.15, -0.1) is 0 Å². The van der Waals surface area contributed by atoms with Crippen molar-refractivity contribution in [3.05, 3.63) is 35.7 Å². The first kappa shape index (κ1) is 13.7. The van der Waals surface area contributed by atoms with E-state index in [1.54, 1.807) is 6.08 Å². The van der Waals surface area contributed by atoms with Gasteiger partial charge in [-0.2, -0.15) is 0 Å². The fourth-order valence-electron chi connectivity index (χ4n) is 1.07. The molecule has 2 N–H and O–H groups in total. The Labute approximate surface area is 99.9 Å². The van der Waals surface area contributed by atoms with Crippen LogP contribution in [0.4, 0.5) is 4.39 Å². The van der Waals surface area contributed by atoms with Crippen molar-refractivity contribution in [2.24, 2.45) is 5.14 Å². The molecule has 0 radical (unpaired) electrons. The summed E-state index contributed by atoms with van der Waals surface area (Å²) >= 11 is 0. The maximum absolute atomic E-state index is 13.4. The summed E-state index contributed by atoms with van der Waals surface area (Å²) < 4.78 is 40.5. The number of allylic oxidation sites excluding steroid dienone is 1. The molecule has 4 nitrogen and oxygen atoms in total. The Hall–Kier alpha value is -1.40. The molecule has 0 bridgehead atoms. The van der Waals surface area contributed by atoms with E-state index < -0.39 is 15.8 Å². The van der Waals surface area contributed by atoms with Gasteiger partial charge in [0.15, 0.2) is 11.6 Å². The lowest BCUT2D eigenvalue weighted by Crippen LogP contribution is -2.12. The molecule has 1 aromatic carbocycles. The number of ether oxygens (including phenoxy) is 1. The summed E-state index contributed by atoms with van der Waals surface area (Å²) in [6, 6.07) is 3.29. The van der Waals surface area contributed by atoms with Crippen LogP contribution in [-0.2, 0) is 10.0 Å². The standard InChI is InChI=1S/C11H14FNO3S/c1-8(2)5-6-16-11-4-3-9(7-10(11)12)17(13,14)15/h3-5,7H,6H2,1-2H3,(H2,13,14,15). The van der Waals surface area contributed by atoms with E-state index in [4.69, 9.17) is 9.88 Å². The zero-order valence-electron chi connectivity index (χ0n) is 9.60. The fourth-order valence-corrected chi connectivity index (χ4v) is 1.60. The average Bonchev–Trinajstić information content (AvgIpc) is 2.18. The number of rotatable bonds is 4. The second-order valence-corrected chi connectivity index (χ2v) is 5.29. The minimum atomic E-state index is -3.88. The molecule has 0 unspecified atom stereocenters. The van der Waals surface area contributed by atoms with E-state index in [1.807, 2.05) is 13.8 Å². The van der Waals surface area contributed by atoms with Gasteiger partial charge in [-0.25, -0.2) is 17.9 Å². The molecule has 0 aromatic heterocycles. The van der Waals surface area contributed by atoms with Crippen molar-refractivity contribution >= 4 is 10.0 Å². The zero-order valence-corrected chi connectivity index (χ0v) is 10.4. The number of sulfonamides is 1.